The first kappa shape index (κ1) is 12.3. The molecule has 1 aliphatic heterocycles. The van der Waals surface area contributed by atoms with Crippen LogP contribution in [0.5, 0.6) is 0 Å². The van der Waals surface area contributed by atoms with Gasteiger partial charge in [0.2, 0.25) is 0 Å². The summed E-state index contributed by atoms with van der Waals surface area (Å²) in [7, 11) is 0. The number of hydrogen-bond acceptors (Lipinski definition) is 2. The first-order valence-corrected chi connectivity index (χ1v) is 7.49. The monoisotopic (exact) mass is 246 g/mol. The molecule has 2 aliphatic carbocycles. The summed E-state index contributed by atoms with van der Waals surface area (Å²) in [4.78, 5) is 0. The van der Waals surface area contributed by atoms with Crippen LogP contribution in [0.4, 0.5) is 0 Å². The van der Waals surface area contributed by atoms with E-state index >= 15 is 0 Å². The Bertz CT molecular complexity index is 335. The molecule has 0 unspecified atom stereocenters. The highest BCUT2D eigenvalue weighted by atomic mass is 16.5. The van der Waals surface area contributed by atoms with Gasteiger partial charge in [-0.1, -0.05) is 18.6 Å². The van der Waals surface area contributed by atoms with Gasteiger partial charge in [0.1, 0.15) is 0 Å². The molecule has 0 aromatic carbocycles. The molecule has 18 heavy (non-hydrogen) atoms. The maximum atomic E-state index is 5.42. The molecular formula is C16H24NO. The molecule has 2 heteroatoms. The van der Waals surface area contributed by atoms with Crippen LogP contribution < -0.4 is 5.32 Å². The number of hydrogen-bond donors (Lipinski definition) is 1. The molecule has 3 aliphatic rings. The summed E-state index contributed by atoms with van der Waals surface area (Å²) in [5.74, 6) is 1.63. The number of nitrogens with one attached hydrogen (secondary N) is 1. The zero-order chi connectivity index (χ0) is 12.2. The van der Waals surface area contributed by atoms with Gasteiger partial charge >= 0.3 is 0 Å². The van der Waals surface area contributed by atoms with Crippen LogP contribution in [0.1, 0.15) is 38.5 Å². The second kappa shape index (κ2) is 5.92. The van der Waals surface area contributed by atoms with Crippen molar-refractivity contribution in [3.8, 4) is 0 Å². The van der Waals surface area contributed by atoms with Gasteiger partial charge in [-0.2, -0.15) is 0 Å². The highest BCUT2D eigenvalue weighted by Crippen LogP contribution is 2.37. The summed E-state index contributed by atoms with van der Waals surface area (Å²) in [6, 6.07) is 0. The lowest BCUT2D eigenvalue weighted by Crippen LogP contribution is -2.30. The van der Waals surface area contributed by atoms with Crippen LogP contribution in [-0.2, 0) is 4.74 Å². The van der Waals surface area contributed by atoms with E-state index in [2.05, 4.69) is 23.9 Å². The highest BCUT2D eigenvalue weighted by molar-refractivity contribution is 5.38. The van der Waals surface area contributed by atoms with Gasteiger partial charge in [-0.15, -0.1) is 0 Å². The van der Waals surface area contributed by atoms with E-state index in [1.807, 2.05) is 0 Å². The van der Waals surface area contributed by atoms with Crippen LogP contribution in [-0.4, -0.2) is 19.8 Å². The van der Waals surface area contributed by atoms with E-state index in [1.165, 1.54) is 37.8 Å². The third-order valence-electron chi connectivity index (χ3n) is 4.53. The Morgan fingerprint density at radius 2 is 2.00 bits per heavy atom. The van der Waals surface area contributed by atoms with Crippen molar-refractivity contribution in [2.45, 2.75) is 38.5 Å². The van der Waals surface area contributed by atoms with Crippen LogP contribution in [0.2, 0.25) is 0 Å². The largest absolute Gasteiger partial charge is 0.385 e. The molecule has 3 rings (SSSR count). The lowest BCUT2D eigenvalue weighted by Gasteiger charge is -2.32. The molecule has 0 aromatic rings. The van der Waals surface area contributed by atoms with Crippen molar-refractivity contribution in [2.75, 3.05) is 19.8 Å². The molecule has 1 heterocycles. The fourth-order valence-corrected chi connectivity index (χ4v) is 3.04. The van der Waals surface area contributed by atoms with Crippen LogP contribution in [0, 0.1) is 18.3 Å². The predicted octanol–water partition coefficient (Wildman–Crippen LogP) is 3.22. The van der Waals surface area contributed by atoms with Gasteiger partial charge in [-0.3, -0.25) is 0 Å². The molecule has 0 spiro atoms. The molecule has 1 radical (unpaired) electrons. The molecule has 1 saturated carbocycles. The lowest BCUT2D eigenvalue weighted by molar-refractivity contribution is 0.0670. The fraction of sp³-hybridized carbons (Fsp3) is 0.688. The molecule has 99 valence electrons. The van der Waals surface area contributed by atoms with Crippen LogP contribution >= 0.6 is 0 Å². The summed E-state index contributed by atoms with van der Waals surface area (Å²) >= 11 is 0. The van der Waals surface area contributed by atoms with Crippen molar-refractivity contribution >= 4 is 0 Å². The minimum Gasteiger partial charge on any atom is -0.385 e. The third kappa shape index (κ3) is 2.80. The third-order valence-corrected chi connectivity index (χ3v) is 4.53. The number of ether oxygens (including phenoxy) is 1. The average molecular weight is 246 g/mol. The maximum Gasteiger partial charge on any atom is 0.0469 e. The van der Waals surface area contributed by atoms with E-state index in [1.54, 1.807) is 5.57 Å². The van der Waals surface area contributed by atoms with E-state index in [0.717, 1.165) is 38.0 Å². The predicted molar refractivity (Wildman–Crippen MR) is 74.0 cm³/mol. The molecule has 0 amide bonds. The van der Waals surface area contributed by atoms with Gasteiger partial charge in [0, 0.05) is 25.5 Å². The Hall–Kier alpha value is -0.760. The fourth-order valence-electron chi connectivity index (χ4n) is 3.04. The Morgan fingerprint density at radius 3 is 2.72 bits per heavy atom. The first-order chi connectivity index (χ1) is 8.93. The van der Waals surface area contributed by atoms with Crippen molar-refractivity contribution < 1.29 is 4.74 Å². The van der Waals surface area contributed by atoms with Gasteiger partial charge in [0.15, 0.2) is 0 Å². The molecule has 1 N–H and O–H groups in total. The summed E-state index contributed by atoms with van der Waals surface area (Å²) in [6.45, 7) is 3.02. The van der Waals surface area contributed by atoms with Crippen molar-refractivity contribution in [1.29, 1.82) is 0 Å². The molecule has 1 saturated heterocycles. The summed E-state index contributed by atoms with van der Waals surface area (Å²) < 4.78 is 5.42. The van der Waals surface area contributed by atoms with E-state index in [-0.39, 0.29) is 0 Å². The summed E-state index contributed by atoms with van der Waals surface area (Å²) in [5.41, 5.74) is 2.99. The SMILES string of the molecule is [CH]1C=C(C2CCC2)C(NCC2CCOCC2)=CC1. The molecule has 0 bridgehead atoms. The standard InChI is InChI=1S/C16H24NO/c1-2-7-16(15(6-1)14-4-3-5-14)17-12-13-8-10-18-11-9-13/h1,6-7,13-14,17H,2-5,8-12H2. The average Bonchev–Trinajstić information content (AvgIpc) is 2.37. The van der Waals surface area contributed by atoms with Gasteiger partial charge in [0.05, 0.1) is 0 Å². The summed E-state index contributed by atoms with van der Waals surface area (Å²) in [6.07, 6.45) is 14.7. The maximum absolute atomic E-state index is 5.42. The Kier molecular flexibility index (Phi) is 4.04. The van der Waals surface area contributed by atoms with E-state index in [9.17, 15) is 0 Å². The van der Waals surface area contributed by atoms with Gasteiger partial charge in [0.25, 0.3) is 0 Å². The second-order valence-electron chi connectivity index (χ2n) is 5.78. The normalized spacial score (nSPS) is 26.2. The van der Waals surface area contributed by atoms with Crippen LogP contribution in [0.25, 0.3) is 0 Å². The molecule has 2 fully saturated rings. The van der Waals surface area contributed by atoms with E-state index < -0.39 is 0 Å². The van der Waals surface area contributed by atoms with Gasteiger partial charge in [-0.25, -0.2) is 0 Å². The van der Waals surface area contributed by atoms with Crippen molar-refractivity contribution in [3.05, 3.63) is 29.8 Å². The zero-order valence-corrected chi connectivity index (χ0v) is 11.2. The molecule has 2 nitrogen and oxygen atoms in total. The Labute approximate surface area is 110 Å². The van der Waals surface area contributed by atoms with Crippen molar-refractivity contribution in [1.82, 2.24) is 5.32 Å². The van der Waals surface area contributed by atoms with Crippen LogP contribution in [0.3, 0.4) is 0 Å². The molecule has 0 aromatic heterocycles. The van der Waals surface area contributed by atoms with Crippen LogP contribution in [0.15, 0.2) is 23.4 Å². The summed E-state index contributed by atoms with van der Waals surface area (Å²) in [5, 5.41) is 3.71. The minimum atomic E-state index is 0.799. The van der Waals surface area contributed by atoms with E-state index in [0.29, 0.717) is 0 Å². The number of allylic oxidation sites excluding steroid dienone is 3. The Morgan fingerprint density at radius 1 is 1.17 bits per heavy atom. The van der Waals surface area contributed by atoms with Crippen molar-refractivity contribution in [3.63, 3.8) is 0 Å². The second-order valence-corrected chi connectivity index (χ2v) is 5.78. The lowest BCUT2D eigenvalue weighted by atomic mass is 9.76. The Balaban J connectivity index is 1.53. The van der Waals surface area contributed by atoms with Gasteiger partial charge in [-0.05, 0) is 55.9 Å². The topological polar surface area (TPSA) is 21.3 Å². The zero-order valence-electron chi connectivity index (χ0n) is 11.2. The minimum absolute atomic E-state index is 0.799. The van der Waals surface area contributed by atoms with Crippen molar-refractivity contribution in [2.24, 2.45) is 11.8 Å². The number of rotatable bonds is 4. The molecular weight excluding hydrogens is 222 g/mol. The molecule has 0 atom stereocenters. The first-order valence-electron chi connectivity index (χ1n) is 7.49. The quantitative estimate of drug-likeness (QED) is 0.822. The van der Waals surface area contributed by atoms with Gasteiger partial charge < -0.3 is 10.1 Å². The highest BCUT2D eigenvalue weighted by Gasteiger charge is 2.25. The van der Waals surface area contributed by atoms with E-state index in [4.69, 9.17) is 4.74 Å². The smallest absolute Gasteiger partial charge is 0.0469 e.